The Morgan fingerprint density at radius 2 is 1.50 bits per heavy atom. The van der Waals surface area contributed by atoms with Gasteiger partial charge in [0, 0.05) is 12.1 Å². The van der Waals surface area contributed by atoms with Crippen molar-refractivity contribution in [3.05, 3.63) is 11.1 Å². The van der Waals surface area contributed by atoms with E-state index in [1.807, 2.05) is 0 Å². The molecule has 0 aromatic heterocycles. The summed E-state index contributed by atoms with van der Waals surface area (Å²) in [4.78, 5) is 2.54. The molecule has 0 saturated heterocycles. The van der Waals surface area contributed by atoms with Crippen LogP contribution in [0.5, 0.6) is 0 Å². The van der Waals surface area contributed by atoms with E-state index in [0.29, 0.717) is 0 Å². The first-order chi connectivity index (χ1) is 7.74. The minimum absolute atomic E-state index is 1.04. The topological polar surface area (TPSA) is 3.24 Å². The van der Waals surface area contributed by atoms with Crippen molar-refractivity contribution in [2.75, 3.05) is 19.6 Å². The molecule has 0 aliphatic heterocycles. The zero-order valence-corrected chi connectivity index (χ0v) is 12.0. The van der Waals surface area contributed by atoms with Gasteiger partial charge in [-0.2, -0.15) is 0 Å². The van der Waals surface area contributed by atoms with Gasteiger partial charge in [-0.15, -0.1) is 0 Å². The van der Waals surface area contributed by atoms with Crippen molar-refractivity contribution in [2.24, 2.45) is 0 Å². The highest BCUT2D eigenvalue weighted by Gasteiger charge is 2.04. The van der Waals surface area contributed by atoms with Gasteiger partial charge in [0.1, 0.15) is 0 Å². The van der Waals surface area contributed by atoms with Crippen molar-refractivity contribution in [1.82, 2.24) is 4.90 Å². The zero-order chi connectivity index (χ0) is 12.2. The molecule has 0 N–H and O–H groups in total. The lowest BCUT2D eigenvalue weighted by molar-refractivity contribution is 0.282. The third kappa shape index (κ3) is 9.23. The fourth-order valence-corrected chi connectivity index (χ4v) is 1.90. The molecule has 0 aromatic rings. The predicted octanol–water partition coefficient (Wildman–Crippen LogP) is 4.81. The third-order valence-corrected chi connectivity index (χ3v) is 3.19. The van der Waals surface area contributed by atoms with E-state index in [1.54, 1.807) is 5.54 Å². The van der Waals surface area contributed by atoms with Gasteiger partial charge in [0.05, 0.1) is 0 Å². The number of nitrogens with zero attached hydrogens (tertiary/aromatic N) is 1. The van der Waals surface area contributed by atoms with Gasteiger partial charge in [0.25, 0.3) is 0 Å². The van der Waals surface area contributed by atoms with E-state index in [9.17, 15) is 0 Å². The highest BCUT2D eigenvalue weighted by molar-refractivity contribution is 6.25. The minimum Gasteiger partial charge on any atom is -0.299 e. The summed E-state index contributed by atoms with van der Waals surface area (Å²) in [5.74, 6) is 0. The summed E-state index contributed by atoms with van der Waals surface area (Å²) >= 11 is 5.73. The number of unbranched alkanes of at least 4 members (excludes halogenated alkanes) is 4. The maximum atomic E-state index is 5.73. The predicted molar refractivity (Wildman–Crippen MR) is 75.1 cm³/mol. The molecule has 0 fully saturated rings. The molecule has 0 heterocycles. The number of hydrogen-bond donors (Lipinski definition) is 0. The molecule has 0 saturated carbocycles. The van der Waals surface area contributed by atoms with E-state index in [0.717, 1.165) is 6.54 Å². The van der Waals surface area contributed by atoms with Gasteiger partial charge in [-0.1, -0.05) is 51.1 Å². The molecule has 0 unspecified atom stereocenters. The SMILES string of the molecule is CCCCCN(CCCCC)C/C(C)=C\Cl. The van der Waals surface area contributed by atoms with Crippen molar-refractivity contribution < 1.29 is 0 Å². The normalized spacial score (nSPS) is 12.4. The number of rotatable bonds is 10. The average Bonchev–Trinajstić information content (AvgIpc) is 2.29. The van der Waals surface area contributed by atoms with Gasteiger partial charge in [-0.05, 0) is 38.4 Å². The quantitative estimate of drug-likeness (QED) is 0.499. The standard InChI is InChI=1S/C14H28ClN/c1-4-6-8-10-16(11-9-7-5-2)13-14(3)12-15/h12H,4-11,13H2,1-3H3/b14-12-. The number of hydrogen-bond acceptors (Lipinski definition) is 1. The van der Waals surface area contributed by atoms with E-state index in [1.165, 1.54) is 57.2 Å². The van der Waals surface area contributed by atoms with Gasteiger partial charge in [0.2, 0.25) is 0 Å². The van der Waals surface area contributed by atoms with E-state index in [4.69, 9.17) is 11.6 Å². The Morgan fingerprint density at radius 3 is 1.88 bits per heavy atom. The van der Waals surface area contributed by atoms with E-state index >= 15 is 0 Å². The largest absolute Gasteiger partial charge is 0.299 e. The summed E-state index contributed by atoms with van der Waals surface area (Å²) in [7, 11) is 0. The van der Waals surface area contributed by atoms with Crippen LogP contribution in [-0.2, 0) is 0 Å². The van der Waals surface area contributed by atoms with Crippen LogP contribution >= 0.6 is 11.6 Å². The summed E-state index contributed by atoms with van der Waals surface area (Å²) in [6.45, 7) is 10.1. The second-order valence-corrected chi connectivity index (χ2v) is 4.86. The fraction of sp³-hybridized carbons (Fsp3) is 0.857. The molecular weight excluding hydrogens is 218 g/mol. The summed E-state index contributed by atoms with van der Waals surface area (Å²) in [5.41, 5.74) is 2.99. The Kier molecular flexibility index (Phi) is 11.5. The summed E-state index contributed by atoms with van der Waals surface area (Å²) in [5, 5.41) is 0. The first-order valence-corrected chi connectivity index (χ1v) is 7.16. The molecule has 0 aliphatic rings. The maximum Gasteiger partial charge on any atom is 0.0201 e. The van der Waals surface area contributed by atoms with Crippen LogP contribution in [0.1, 0.15) is 59.3 Å². The van der Waals surface area contributed by atoms with Crippen LogP contribution in [0.2, 0.25) is 0 Å². The minimum atomic E-state index is 1.04. The molecule has 0 aliphatic carbocycles. The van der Waals surface area contributed by atoms with Crippen LogP contribution in [0.15, 0.2) is 11.1 Å². The van der Waals surface area contributed by atoms with Gasteiger partial charge in [-0.3, -0.25) is 4.90 Å². The summed E-state index contributed by atoms with van der Waals surface area (Å²) in [6, 6.07) is 0. The van der Waals surface area contributed by atoms with E-state index in [-0.39, 0.29) is 0 Å². The Morgan fingerprint density at radius 1 is 1.00 bits per heavy atom. The first kappa shape index (κ1) is 16.0. The maximum absolute atomic E-state index is 5.73. The second kappa shape index (κ2) is 11.5. The Bertz CT molecular complexity index is 168. The Labute approximate surface area is 107 Å². The molecule has 0 aromatic carbocycles. The van der Waals surface area contributed by atoms with Crippen molar-refractivity contribution >= 4 is 11.6 Å². The van der Waals surface area contributed by atoms with Gasteiger partial charge in [-0.25, -0.2) is 0 Å². The van der Waals surface area contributed by atoms with Crippen molar-refractivity contribution in [3.63, 3.8) is 0 Å². The van der Waals surface area contributed by atoms with Crippen molar-refractivity contribution in [3.8, 4) is 0 Å². The smallest absolute Gasteiger partial charge is 0.0201 e. The van der Waals surface area contributed by atoms with Gasteiger partial charge >= 0.3 is 0 Å². The fourth-order valence-electron chi connectivity index (χ4n) is 1.83. The first-order valence-electron chi connectivity index (χ1n) is 6.72. The Balaban J connectivity index is 3.85. The van der Waals surface area contributed by atoms with E-state index < -0.39 is 0 Å². The van der Waals surface area contributed by atoms with Crippen molar-refractivity contribution in [1.29, 1.82) is 0 Å². The zero-order valence-electron chi connectivity index (χ0n) is 11.3. The van der Waals surface area contributed by atoms with E-state index in [2.05, 4.69) is 25.7 Å². The second-order valence-electron chi connectivity index (χ2n) is 4.65. The van der Waals surface area contributed by atoms with Crippen LogP contribution in [-0.4, -0.2) is 24.5 Å². The summed E-state index contributed by atoms with van der Waals surface area (Å²) in [6.07, 6.45) is 7.92. The molecule has 96 valence electrons. The highest BCUT2D eigenvalue weighted by Crippen LogP contribution is 2.06. The molecule has 0 bridgehead atoms. The van der Waals surface area contributed by atoms with Crippen LogP contribution < -0.4 is 0 Å². The molecule has 0 radical (unpaired) electrons. The lowest BCUT2D eigenvalue weighted by atomic mass is 10.2. The van der Waals surface area contributed by atoms with Gasteiger partial charge in [0.15, 0.2) is 0 Å². The summed E-state index contributed by atoms with van der Waals surface area (Å²) < 4.78 is 0. The lowest BCUT2D eigenvalue weighted by Gasteiger charge is -2.22. The van der Waals surface area contributed by atoms with Crippen LogP contribution in [0, 0.1) is 0 Å². The van der Waals surface area contributed by atoms with Gasteiger partial charge < -0.3 is 0 Å². The Hall–Kier alpha value is -0.0100. The highest BCUT2D eigenvalue weighted by atomic mass is 35.5. The monoisotopic (exact) mass is 245 g/mol. The molecule has 0 amide bonds. The van der Waals surface area contributed by atoms with Crippen LogP contribution in [0.4, 0.5) is 0 Å². The molecule has 0 atom stereocenters. The molecule has 1 nitrogen and oxygen atoms in total. The average molecular weight is 246 g/mol. The third-order valence-electron chi connectivity index (χ3n) is 2.82. The van der Waals surface area contributed by atoms with Crippen molar-refractivity contribution in [2.45, 2.75) is 59.3 Å². The van der Waals surface area contributed by atoms with Crippen LogP contribution in [0.3, 0.4) is 0 Å². The lowest BCUT2D eigenvalue weighted by Crippen LogP contribution is -2.27. The molecule has 0 rings (SSSR count). The molecule has 0 spiro atoms. The molecule has 16 heavy (non-hydrogen) atoms. The number of halogens is 1. The molecule has 2 heteroatoms. The van der Waals surface area contributed by atoms with Crippen LogP contribution in [0.25, 0.3) is 0 Å². The molecular formula is C14H28ClN.